The molecule has 0 spiro atoms. The maximum atomic E-state index is 14.0. The Morgan fingerprint density at radius 3 is 1.00 bits per heavy atom. The van der Waals surface area contributed by atoms with E-state index in [9.17, 15) is 70.2 Å². The maximum absolute atomic E-state index is 14.0. The van der Waals surface area contributed by atoms with Gasteiger partial charge in [0.1, 0.15) is 0 Å². The Morgan fingerprint density at radius 1 is 0.471 bits per heavy atom. The highest BCUT2D eigenvalue weighted by molar-refractivity contribution is 7.75. The van der Waals surface area contributed by atoms with E-state index in [2.05, 4.69) is 0 Å². The molecule has 0 saturated heterocycles. The molecule has 0 N–H and O–H groups in total. The fourth-order valence-corrected chi connectivity index (χ4v) is 19.4. The molecule has 0 aliphatic carbocycles. The van der Waals surface area contributed by atoms with Crippen molar-refractivity contribution in [3.05, 3.63) is 0 Å². The predicted molar refractivity (Wildman–Crippen MR) is 95.6 cm³/mol. The zero-order valence-corrected chi connectivity index (χ0v) is 21.2. The Hall–Kier alpha value is 1.05. The van der Waals surface area contributed by atoms with E-state index in [1.807, 2.05) is 0 Å². The van der Waals surface area contributed by atoms with Crippen LogP contribution in [0.2, 0.25) is 5.16 Å². The van der Waals surface area contributed by atoms with Gasteiger partial charge in [0, 0.05) is 5.16 Å². The van der Waals surface area contributed by atoms with Crippen molar-refractivity contribution in [2.24, 2.45) is 0 Å². The van der Waals surface area contributed by atoms with Crippen LogP contribution < -0.4 is 0 Å². The van der Waals surface area contributed by atoms with Gasteiger partial charge in [-0.2, -0.15) is 65.9 Å². The largest absolute Gasteiger partial charge is 0.460 e. The molecular weight excluding hydrogens is 693 g/mol. The third-order valence-corrected chi connectivity index (χ3v) is 16.7. The molecule has 0 bridgehead atoms. The molecule has 0 amide bonds. The first kappa shape index (κ1) is 35.1. The number of hydrogen-bond acceptors (Lipinski definition) is 0. The van der Waals surface area contributed by atoms with Gasteiger partial charge >= 0.3 is 53.7 Å². The average molecular weight is 697 g/mol. The Bertz CT molecular complexity index is 715. The Labute approximate surface area is 207 Å². The van der Waals surface area contributed by atoms with E-state index in [-0.39, 0.29) is 0 Å². The lowest BCUT2D eigenvalue weighted by Crippen LogP contribution is -2.73. The summed E-state index contributed by atoms with van der Waals surface area (Å²) in [6.07, 6.45) is -15.0. The average Bonchev–Trinajstić information content (AvgIpc) is 2.55. The fourth-order valence-electron chi connectivity index (χ4n) is 1.98. The van der Waals surface area contributed by atoms with Crippen LogP contribution in [-0.4, -0.2) is 59.9 Å². The van der Waals surface area contributed by atoms with Gasteiger partial charge in [0.15, 0.2) is 6.17 Å². The summed E-state index contributed by atoms with van der Waals surface area (Å²) in [5.74, 6) is -48.9. The molecule has 0 aromatic heterocycles. The molecule has 0 aliphatic rings. The third-order valence-electron chi connectivity index (χ3n) is 3.98. The van der Waals surface area contributed by atoms with Crippen molar-refractivity contribution in [1.82, 2.24) is 0 Å². The Balaban J connectivity index is 6.61. The standard InChI is InChI=1S/C10H4Cl6F16Si2/c11-33(12,13)3(34(14,15)16)1-2(17)4(18,19)5(20,21)6(22,23)7(24,25)8(26,27)9(28,29)10(30,31)32/h2-3H,1H2. The number of halogens is 22. The van der Waals surface area contributed by atoms with E-state index in [1.54, 1.807) is 0 Å². The minimum absolute atomic E-state index is 2.38. The number of hydrogen-bond donors (Lipinski definition) is 0. The van der Waals surface area contributed by atoms with Gasteiger partial charge in [0.2, 0.25) is 0 Å². The first-order valence-electron chi connectivity index (χ1n) is 7.37. The minimum atomic E-state index is -8.56. The second-order valence-corrected chi connectivity index (χ2v) is 24.7. The Kier molecular flexibility index (Phi) is 9.96. The minimum Gasteiger partial charge on any atom is -0.241 e. The molecule has 0 heterocycles. The summed E-state index contributed by atoms with van der Waals surface area (Å²) in [6.45, 7) is 0. The lowest BCUT2D eigenvalue weighted by Gasteiger charge is -2.42. The van der Waals surface area contributed by atoms with Crippen LogP contribution in [-0.2, 0) is 0 Å². The molecule has 0 radical (unpaired) electrons. The molecule has 1 unspecified atom stereocenters. The molecule has 24 heteroatoms. The second-order valence-electron chi connectivity index (χ2n) is 6.33. The monoisotopic (exact) mass is 694 g/mol. The Morgan fingerprint density at radius 2 is 0.735 bits per heavy atom. The number of rotatable bonds is 10. The highest BCUT2D eigenvalue weighted by Gasteiger charge is 2.93. The first-order valence-corrected chi connectivity index (χ1v) is 17.6. The summed E-state index contributed by atoms with van der Waals surface area (Å²) in [4.78, 5) is 0. The van der Waals surface area contributed by atoms with Crippen LogP contribution in [0.5, 0.6) is 0 Å². The van der Waals surface area contributed by atoms with Crippen molar-refractivity contribution in [3.8, 4) is 0 Å². The van der Waals surface area contributed by atoms with Crippen LogP contribution in [0.15, 0.2) is 0 Å². The predicted octanol–water partition coefficient (Wildman–Crippen LogP) is 9.31. The van der Waals surface area contributed by atoms with E-state index in [0.29, 0.717) is 0 Å². The topological polar surface area (TPSA) is 0 Å². The van der Waals surface area contributed by atoms with E-state index in [4.69, 9.17) is 66.5 Å². The van der Waals surface area contributed by atoms with Gasteiger partial charge in [-0.3, -0.25) is 0 Å². The summed E-state index contributed by atoms with van der Waals surface area (Å²) < 4.78 is 211. The molecule has 1 atom stereocenters. The van der Waals surface area contributed by atoms with Crippen molar-refractivity contribution in [1.29, 1.82) is 0 Å². The zero-order chi connectivity index (χ0) is 28.4. The van der Waals surface area contributed by atoms with Gasteiger partial charge < -0.3 is 0 Å². The zero-order valence-electron chi connectivity index (χ0n) is 14.7. The highest BCUT2D eigenvalue weighted by atomic mass is 35.8. The van der Waals surface area contributed by atoms with Crippen LogP contribution in [0.25, 0.3) is 0 Å². The normalized spacial score (nSPS) is 17.4. The maximum Gasteiger partial charge on any atom is 0.460 e. The fraction of sp³-hybridized carbons (Fsp3) is 1.00. The molecule has 0 aliphatic heterocycles. The van der Waals surface area contributed by atoms with E-state index in [1.165, 1.54) is 0 Å². The quantitative estimate of drug-likeness (QED) is 0.121. The molecule has 0 aromatic carbocycles. The van der Waals surface area contributed by atoms with Crippen LogP contribution in [0.1, 0.15) is 6.42 Å². The summed E-state index contributed by atoms with van der Waals surface area (Å²) >= 11 is 31.8. The lowest BCUT2D eigenvalue weighted by atomic mass is 9.89. The van der Waals surface area contributed by atoms with Crippen molar-refractivity contribution >= 4 is 78.5 Å². The summed E-state index contributed by atoms with van der Waals surface area (Å²) in [6, 6.07) is -9.39. The SMILES string of the molecule is FC(CC([Si](Cl)(Cl)Cl)[Si](Cl)(Cl)Cl)C(F)(F)C(F)(F)C(F)(F)C(F)(F)C(F)(F)C(F)(F)C(F)(F)F. The molecule has 0 aromatic rings. The van der Waals surface area contributed by atoms with Crippen LogP contribution in [0.4, 0.5) is 70.2 Å². The van der Waals surface area contributed by atoms with Gasteiger partial charge in [-0.1, -0.05) is 0 Å². The van der Waals surface area contributed by atoms with E-state index < -0.39 is 71.5 Å². The van der Waals surface area contributed by atoms with Gasteiger partial charge in [-0.05, 0) is 6.42 Å². The molecule has 0 nitrogen and oxygen atoms in total. The van der Waals surface area contributed by atoms with Gasteiger partial charge in [0.25, 0.3) is 0 Å². The number of alkyl halides is 16. The lowest BCUT2D eigenvalue weighted by molar-refractivity contribution is -0.454. The molecule has 0 saturated carbocycles. The first-order chi connectivity index (χ1) is 14.3. The smallest absolute Gasteiger partial charge is 0.241 e. The second kappa shape index (κ2) is 9.66. The van der Waals surface area contributed by atoms with E-state index >= 15 is 0 Å². The van der Waals surface area contributed by atoms with Crippen LogP contribution in [0.3, 0.4) is 0 Å². The van der Waals surface area contributed by atoms with Crippen LogP contribution in [0, 0.1) is 0 Å². The summed E-state index contributed by atoms with van der Waals surface area (Å²) in [7, 11) is 0. The van der Waals surface area contributed by atoms with Crippen molar-refractivity contribution in [3.63, 3.8) is 0 Å². The molecule has 0 rings (SSSR count). The highest BCUT2D eigenvalue weighted by Crippen LogP contribution is 2.63. The van der Waals surface area contributed by atoms with Gasteiger partial charge in [0.05, 0.1) is 0 Å². The van der Waals surface area contributed by atoms with Gasteiger partial charge in [-0.25, -0.2) is 4.39 Å². The summed E-state index contributed by atoms with van der Waals surface area (Å²) in [5.41, 5.74) is 0. The van der Waals surface area contributed by atoms with Gasteiger partial charge in [-0.15, -0.1) is 66.5 Å². The molecule has 206 valence electrons. The van der Waals surface area contributed by atoms with Crippen molar-refractivity contribution in [2.45, 2.75) is 59.5 Å². The third kappa shape index (κ3) is 5.72. The van der Waals surface area contributed by atoms with Crippen LogP contribution >= 0.6 is 66.5 Å². The van der Waals surface area contributed by atoms with Crippen molar-refractivity contribution in [2.75, 3.05) is 0 Å². The molecule has 0 fully saturated rings. The molecule has 34 heavy (non-hydrogen) atoms. The summed E-state index contributed by atoms with van der Waals surface area (Å²) in [5, 5.41) is -2.49. The molecular formula is C10H4Cl6F16Si2. The van der Waals surface area contributed by atoms with E-state index in [0.717, 1.165) is 0 Å². The van der Waals surface area contributed by atoms with Crippen molar-refractivity contribution < 1.29 is 70.2 Å².